The average Bonchev–Trinajstić information content (AvgIpc) is 2.49. The van der Waals surface area contributed by atoms with E-state index in [9.17, 15) is 4.79 Å². The minimum atomic E-state index is -0.272. The molecule has 0 unspecified atom stereocenters. The molecule has 0 aromatic heterocycles. The summed E-state index contributed by atoms with van der Waals surface area (Å²) in [5.41, 5.74) is 1.63. The highest BCUT2D eigenvalue weighted by Crippen LogP contribution is 2.09. The molecule has 0 saturated heterocycles. The predicted molar refractivity (Wildman–Crippen MR) is 86.5 cm³/mol. The van der Waals surface area contributed by atoms with Crippen molar-refractivity contribution < 1.29 is 9.53 Å². The van der Waals surface area contributed by atoms with E-state index in [1.807, 2.05) is 18.2 Å². The van der Waals surface area contributed by atoms with Crippen LogP contribution in [0.25, 0.3) is 0 Å². The Kier molecular flexibility index (Phi) is 8.01. The maximum Gasteiger partial charge on any atom is 0.338 e. The van der Waals surface area contributed by atoms with Crippen LogP contribution in [-0.4, -0.2) is 44.2 Å². The molecule has 0 atom stereocenters. The average molecular weight is 292 g/mol. The van der Waals surface area contributed by atoms with Crippen molar-refractivity contribution in [3.05, 3.63) is 35.4 Å². The van der Waals surface area contributed by atoms with E-state index < -0.39 is 0 Å². The molecule has 0 bridgehead atoms. The summed E-state index contributed by atoms with van der Waals surface area (Å²) in [5.74, 6) is -0.272. The SMILES string of the molecule is COC(=O)c1ccccc1CNCCCCN(C)C(C)C. The van der Waals surface area contributed by atoms with Crippen molar-refractivity contribution in [1.82, 2.24) is 10.2 Å². The van der Waals surface area contributed by atoms with Gasteiger partial charge >= 0.3 is 5.97 Å². The Labute approximate surface area is 128 Å². The molecule has 0 aliphatic carbocycles. The van der Waals surface area contributed by atoms with Gasteiger partial charge in [-0.3, -0.25) is 0 Å². The van der Waals surface area contributed by atoms with Gasteiger partial charge in [-0.05, 0) is 58.5 Å². The molecule has 0 aliphatic heterocycles. The molecule has 4 nitrogen and oxygen atoms in total. The van der Waals surface area contributed by atoms with Crippen LogP contribution in [-0.2, 0) is 11.3 Å². The number of ether oxygens (including phenoxy) is 1. The summed E-state index contributed by atoms with van der Waals surface area (Å²) in [6, 6.07) is 8.18. The number of unbranched alkanes of at least 4 members (excludes halogenated alkanes) is 1. The molecule has 1 N–H and O–H groups in total. The lowest BCUT2D eigenvalue weighted by Crippen LogP contribution is -2.27. The zero-order valence-electron chi connectivity index (χ0n) is 13.7. The first-order valence-corrected chi connectivity index (χ1v) is 7.63. The number of nitrogens with zero attached hydrogens (tertiary/aromatic N) is 1. The van der Waals surface area contributed by atoms with E-state index in [1.165, 1.54) is 13.5 Å². The van der Waals surface area contributed by atoms with Crippen LogP contribution in [0.2, 0.25) is 0 Å². The highest BCUT2D eigenvalue weighted by Gasteiger charge is 2.10. The van der Waals surface area contributed by atoms with E-state index in [2.05, 4.69) is 31.1 Å². The summed E-state index contributed by atoms with van der Waals surface area (Å²) < 4.78 is 4.80. The number of esters is 1. The van der Waals surface area contributed by atoms with Gasteiger partial charge in [0.2, 0.25) is 0 Å². The highest BCUT2D eigenvalue weighted by atomic mass is 16.5. The molecular formula is C17H28N2O2. The van der Waals surface area contributed by atoms with Crippen molar-refractivity contribution in [2.75, 3.05) is 27.2 Å². The largest absolute Gasteiger partial charge is 0.465 e. The molecule has 1 aromatic carbocycles. The standard InChI is InChI=1S/C17H28N2O2/c1-14(2)19(3)12-8-7-11-18-13-15-9-5-6-10-16(15)17(20)21-4/h5-6,9-10,14,18H,7-8,11-13H2,1-4H3. The molecule has 118 valence electrons. The Hall–Kier alpha value is -1.39. The van der Waals surface area contributed by atoms with Crippen LogP contribution < -0.4 is 5.32 Å². The van der Waals surface area contributed by atoms with Gasteiger partial charge in [0.25, 0.3) is 0 Å². The topological polar surface area (TPSA) is 41.6 Å². The number of hydrogen-bond donors (Lipinski definition) is 1. The molecular weight excluding hydrogens is 264 g/mol. The van der Waals surface area contributed by atoms with Gasteiger partial charge in [0, 0.05) is 12.6 Å². The first kappa shape index (κ1) is 17.7. The van der Waals surface area contributed by atoms with Gasteiger partial charge < -0.3 is 15.0 Å². The maximum atomic E-state index is 11.7. The van der Waals surface area contributed by atoms with Crippen molar-refractivity contribution >= 4 is 5.97 Å². The Morgan fingerprint density at radius 1 is 1.29 bits per heavy atom. The third-order valence-electron chi connectivity index (χ3n) is 3.73. The minimum absolute atomic E-state index is 0.272. The van der Waals surface area contributed by atoms with E-state index in [0.717, 1.165) is 25.1 Å². The lowest BCUT2D eigenvalue weighted by molar-refractivity contribution is 0.0599. The normalized spacial score (nSPS) is 11.1. The number of rotatable bonds is 9. The summed E-state index contributed by atoms with van der Waals surface area (Å²) in [4.78, 5) is 14.0. The molecule has 0 aliphatic rings. The fourth-order valence-corrected chi connectivity index (χ4v) is 2.08. The number of carbonyl (C=O) groups is 1. The molecule has 0 saturated carbocycles. The molecule has 4 heteroatoms. The number of benzene rings is 1. The van der Waals surface area contributed by atoms with Crippen LogP contribution in [0.5, 0.6) is 0 Å². The van der Waals surface area contributed by atoms with Gasteiger partial charge in [-0.1, -0.05) is 18.2 Å². The summed E-state index contributed by atoms with van der Waals surface area (Å²) in [6.45, 7) is 7.20. The van der Waals surface area contributed by atoms with Crippen molar-refractivity contribution in [3.8, 4) is 0 Å². The number of carbonyl (C=O) groups excluding carboxylic acids is 1. The Morgan fingerprint density at radius 2 is 2.00 bits per heavy atom. The van der Waals surface area contributed by atoms with Crippen LogP contribution >= 0.6 is 0 Å². The third-order valence-corrected chi connectivity index (χ3v) is 3.73. The zero-order chi connectivity index (χ0) is 15.7. The summed E-state index contributed by atoms with van der Waals surface area (Å²) in [6.07, 6.45) is 2.32. The molecule has 1 aromatic rings. The highest BCUT2D eigenvalue weighted by molar-refractivity contribution is 5.90. The van der Waals surface area contributed by atoms with Gasteiger partial charge in [-0.2, -0.15) is 0 Å². The van der Waals surface area contributed by atoms with Crippen molar-refractivity contribution in [2.24, 2.45) is 0 Å². The summed E-state index contributed by atoms with van der Waals surface area (Å²) in [7, 11) is 3.57. The summed E-state index contributed by atoms with van der Waals surface area (Å²) in [5, 5.41) is 3.40. The Morgan fingerprint density at radius 3 is 2.67 bits per heavy atom. The zero-order valence-corrected chi connectivity index (χ0v) is 13.7. The molecule has 1 rings (SSSR count). The molecule has 21 heavy (non-hydrogen) atoms. The van der Waals surface area contributed by atoms with E-state index in [-0.39, 0.29) is 5.97 Å². The van der Waals surface area contributed by atoms with Crippen LogP contribution in [0, 0.1) is 0 Å². The second-order valence-corrected chi connectivity index (χ2v) is 5.61. The van der Waals surface area contributed by atoms with E-state index in [0.29, 0.717) is 18.2 Å². The fraction of sp³-hybridized carbons (Fsp3) is 0.588. The van der Waals surface area contributed by atoms with Crippen LogP contribution in [0.1, 0.15) is 42.6 Å². The number of methoxy groups -OCH3 is 1. The fourth-order valence-electron chi connectivity index (χ4n) is 2.08. The van der Waals surface area contributed by atoms with E-state index >= 15 is 0 Å². The molecule has 0 radical (unpaired) electrons. The van der Waals surface area contributed by atoms with Gasteiger partial charge in [0.15, 0.2) is 0 Å². The predicted octanol–water partition coefficient (Wildman–Crippen LogP) is 2.68. The monoisotopic (exact) mass is 292 g/mol. The Bertz CT molecular complexity index is 433. The molecule has 0 fully saturated rings. The first-order chi connectivity index (χ1) is 10.1. The van der Waals surface area contributed by atoms with Gasteiger partial charge in [-0.25, -0.2) is 4.79 Å². The quantitative estimate of drug-likeness (QED) is 0.561. The smallest absolute Gasteiger partial charge is 0.338 e. The van der Waals surface area contributed by atoms with E-state index in [4.69, 9.17) is 4.74 Å². The minimum Gasteiger partial charge on any atom is -0.465 e. The number of hydrogen-bond acceptors (Lipinski definition) is 4. The van der Waals surface area contributed by atoms with E-state index in [1.54, 1.807) is 6.07 Å². The van der Waals surface area contributed by atoms with Crippen LogP contribution in [0.15, 0.2) is 24.3 Å². The van der Waals surface area contributed by atoms with Gasteiger partial charge in [0.05, 0.1) is 12.7 Å². The van der Waals surface area contributed by atoms with Crippen molar-refractivity contribution in [1.29, 1.82) is 0 Å². The molecule has 0 amide bonds. The lowest BCUT2D eigenvalue weighted by Gasteiger charge is -2.20. The van der Waals surface area contributed by atoms with Crippen molar-refractivity contribution in [2.45, 2.75) is 39.3 Å². The third kappa shape index (κ3) is 6.27. The van der Waals surface area contributed by atoms with Gasteiger partial charge in [-0.15, -0.1) is 0 Å². The Balaban J connectivity index is 2.29. The lowest BCUT2D eigenvalue weighted by atomic mass is 10.1. The maximum absolute atomic E-state index is 11.7. The van der Waals surface area contributed by atoms with Gasteiger partial charge in [0.1, 0.15) is 0 Å². The molecule has 0 spiro atoms. The summed E-state index contributed by atoms with van der Waals surface area (Å²) >= 11 is 0. The van der Waals surface area contributed by atoms with Crippen LogP contribution in [0.3, 0.4) is 0 Å². The van der Waals surface area contributed by atoms with Crippen LogP contribution in [0.4, 0.5) is 0 Å². The second kappa shape index (κ2) is 9.53. The number of nitrogens with one attached hydrogen (secondary N) is 1. The first-order valence-electron chi connectivity index (χ1n) is 7.63. The molecule has 0 heterocycles. The second-order valence-electron chi connectivity index (χ2n) is 5.61. The van der Waals surface area contributed by atoms with Crippen molar-refractivity contribution in [3.63, 3.8) is 0 Å².